The van der Waals surface area contributed by atoms with E-state index in [2.05, 4.69) is 24.4 Å². The van der Waals surface area contributed by atoms with Crippen LogP contribution in [-0.2, 0) is 0 Å². The Kier molecular flexibility index (Phi) is 21.4. The second kappa shape index (κ2) is 21.7. The minimum Gasteiger partial charge on any atom is -0.394 e. The Labute approximate surface area is 184 Å². The van der Waals surface area contributed by atoms with Gasteiger partial charge in [0.15, 0.2) is 0 Å². The quantitative estimate of drug-likeness (QED) is 0.116. The summed E-state index contributed by atoms with van der Waals surface area (Å²) in [7, 11) is 0. The summed E-state index contributed by atoms with van der Waals surface area (Å²) in [6, 6.07) is 0. The second-order valence-electron chi connectivity index (χ2n) is 8.44. The summed E-state index contributed by atoms with van der Waals surface area (Å²) in [6.45, 7) is 2.48. The molecule has 0 heterocycles. The van der Waals surface area contributed by atoms with Crippen molar-refractivity contribution in [2.45, 2.75) is 121 Å². The molecule has 0 amide bonds. The van der Waals surface area contributed by atoms with Gasteiger partial charge in [0.1, 0.15) is 18.3 Å². The van der Waals surface area contributed by atoms with Crippen LogP contribution in [0.15, 0.2) is 12.2 Å². The van der Waals surface area contributed by atoms with E-state index in [4.69, 9.17) is 5.11 Å². The van der Waals surface area contributed by atoms with Crippen LogP contribution in [0.4, 0.5) is 0 Å². The molecule has 6 N–H and O–H groups in total. The lowest BCUT2D eigenvalue weighted by molar-refractivity contribution is -0.113. The summed E-state index contributed by atoms with van der Waals surface area (Å²) >= 11 is 0. The van der Waals surface area contributed by atoms with Gasteiger partial charge in [0, 0.05) is 6.54 Å². The molecule has 180 valence electrons. The van der Waals surface area contributed by atoms with E-state index >= 15 is 0 Å². The van der Waals surface area contributed by atoms with Crippen LogP contribution in [-0.4, -0.2) is 69.6 Å². The summed E-state index contributed by atoms with van der Waals surface area (Å²) in [5.41, 5.74) is 0. The molecule has 30 heavy (non-hydrogen) atoms. The first-order valence-corrected chi connectivity index (χ1v) is 12.2. The number of rotatable bonds is 22. The van der Waals surface area contributed by atoms with Gasteiger partial charge in [0.25, 0.3) is 0 Å². The molecule has 4 atom stereocenters. The van der Waals surface area contributed by atoms with Gasteiger partial charge < -0.3 is 30.8 Å². The van der Waals surface area contributed by atoms with Gasteiger partial charge in [0.05, 0.1) is 12.7 Å². The van der Waals surface area contributed by atoms with Crippen molar-refractivity contribution >= 4 is 0 Å². The summed E-state index contributed by atoms with van der Waals surface area (Å²) < 4.78 is 0. The monoisotopic (exact) mass is 431 g/mol. The Morgan fingerprint density at radius 1 is 0.633 bits per heavy atom. The fourth-order valence-electron chi connectivity index (χ4n) is 3.43. The highest BCUT2D eigenvalue weighted by Gasteiger charge is 2.29. The van der Waals surface area contributed by atoms with E-state index < -0.39 is 31.0 Å². The van der Waals surface area contributed by atoms with Gasteiger partial charge in [-0.25, -0.2) is 0 Å². The molecule has 0 spiro atoms. The molecule has 0 aromatic rings. The van der Waals surface area contributed by atoms with Crippen molar-refractivity contribution in [1.29, 1.82) is 0 Å². The minimum absolute atomic E-state index is 0.140. The van der Waals surface area contributed by atoms with Crippen molar-refractivity contribution in [3.63, 3.8) is 0 Å². The minimum atomic E-state index is -1.56. The first kappa shape index (κ1) is 29.5. The molecule has 0 aromatic heterocycles. The maximum absolute atomic E-state index is 9.80. The molecule has 0 aliphatic rings. The molecule has 0 saturated carbocycles. The summed E-state index contributed by atoms with van der Waals surface area (Å²) in [5.74, 6) is 0. The van der Waals surface area contributed by atoms with Crippen LogP contribution in [0.1, 0.15) is 96.8 Å². The molecule has 0 saturated heterocycles. The van der Waals surface area contributed by atoms with Gasteiger partial charge >= 0.3 is 0 Å². The highest BCUT2D eigenvalue weighted by molar-refractivity contribution is 4.82. The van der Waals surface area contributed by atoms with E-state index in [9.17, 15) is 20.4 Å². The van der Waals surface area contributed by atoms with E-state index in [0.29, 0.717) is 0 Å². The number of unbranched alkanes of at least 4 members (excludes halogenated alkanes) is 12. The Morgan fingerprint density at radius 3 is 1.63 bits per heavy atom. The third-order valence-corrected chi connectivity index (χ3v) is 5.54. The van der Waals surface area contributed by atoms with E-state index in [1.54, 1.807) is 0 Å². The van der Waals surface area contributed by atoms with Crippen LogP contribution < -0.4 is 5.32 Å². The molecule has 0 aromatic carbocycles. The van der Waals surface area contributed by atoms with E-state index in [0.717, 1.165) is 19.4 Å². The molecule has 0 radical (unpaired) electrons. The molecule has 0 aliphatic heterocycles. The van der Waals surface area contributed by atoms with Crippen LogP contribution in [0.5, 0.6) is 0 Å². The third kappa shape index (κ3) is 17.2. The maximum atomic E-state index is 9.80. The molecule has 6 nitrogen and oxygen atoms in total. The fourth-order valence-corrected chi connectivity index (χ4v) is 3.43. The molecule has 0 fully saturated rings. The zero-order chi connectivity index (χ0) is 22.5. The standard InChI is InChI=1S/C24H49NO5/c1-2-3-4-5-6-7-8-9-10-11-12-13-14-15-16-17-18-25-19-21(27)23(29)24(30)22(28)20-26/h9-10,21-30H,2-8,11-20H2,1H3/b10-9-/t21?,22?,23-,24+/m0/s1. The summed E-state index contributed by atoms with van der Waals surface area (Å²) in [4.78, 5) is 0. The number of aliphatic hydroxyl groups excluding tert-OH is 5. The summed E-state index contributed by atoms with van der Waals surface area (Å²) in [6.07, 6.45) is 16.7. The van der Waals surface area contributed by atoms with Crippen molar-refractivity contribution in [2.24, 2.45) is 0 Å². The van der Waals surface area contributed by atoms with Crippen LogP contribution in [0, 0.1) is 0 Å². The van der Waals surface area contributed by atoms with Crippen molar-refractivity contribution in [3.05, 3.63) is 12.2 Å². The first-order chi connectivity index (χ1) is 14.5. The maximum Gasteiger partial charge on any atom is 0.111 e. The average molecular weight is 432 g/mol. The van der Waals surface area contributed by atoms with Gasteiger partial charge in [-0.2, -0.15) is 0 Å². The first-order valence-electron chi connectivity index (χ1n) is 12.2. The van der Waals surface area contributed by atoms with Gasteiger partial charge in [-0.05, 0) is 38.6 Å². The molecule has 0 bridgehead atoms. The van der Waals surface area contributed by atoms with Gasteiger partial charge in [0.2, 0.25) is 0 Å². The van der Waals surface area contributed by atoms with E-state index in [1.165, 1.54) is 77.0 Å². The van der Waals surface area contributed by atoms with E-state index in [1.807, 2.05) is 0 Å². The Bertz CT molecular complexity index is 381. The lowest BCUT2D eigenvalue weighted by atomic mass is 10.0. The highest BCUT2D eigenvalue weighted by Crippen LogP contribution is 2.10. The van der Waals surface area contributed by atoms with Crippen molar-refractivity contribution in [1.82, 2.24) is 5.32 Å². The SMILES string of the molecule is CCCCCCCC/C=C\CCCCCCCCNCC(O)[C@H](O)[C@H](O)C(O)CO. The second-order valence-corrected chi connectivity index (χ2v) is 8.44. The number of aliphatic hydroxyl groups is 5. The van der Waals surface area contributed by atoms with Crippen LogP contribution in [0.25, 0.3) is 0 Å². The zero-order valence-corrected chi connectivity index (χ0v) is 19.2. The third-order valence-electron chi connectivity index (χ3n) is 5.54. The molecule has 0 rings (SSSR count). The zero-order valence-electron chi connectivity index (χ0n) is 19.2. The lowest BCUT2D eigenvalue weighted by Gasteiger charge is -2.25. The Balaban J connectivity index is 3.37. The number of allylic oxidation sites excluding steroid dienone is 2. The number of hydrogen-bond donors (Lipinski definition) is 6. The fraction of sp³-hybridized carbons (Fsp3) is 0.917. The summed E-state index contributed by atoms with van der Waals surface area (Å²) in [5, 5.41) is 50.2. The molecular formula is C24H49NO5. The smallest absolute Gasteiger partial charge is 0.111 e. The van der Waals surface area contributed by atoms with Crippen molar-refractivity contribution in [2.75, 3.05) is 19.7 Å². The van der Waals surface area contributed by atoms with Gasteiger partial charge in [-0.3, -0.25) is 0 Å². The Hall–Kier alpha value is -0.500. The predicted octanol–water partition coefficient (Wildman–Crippen LogP) is 3.05. The molecular weight excluding hydrogens is 382 g/mol. The topological polar surface area (TPSA) is 113 Å². The average Bonchev–Trinajstić information content (AvgIpc) is 2.76. The molecule has 6 heteroatoms. The van der Waals surface area contributed by atoms with Crippen molar-refractivity contribution in [3.8, 4) is 0 Å². The van der Waals surface area contributed by atoms with Gasteiger partial charge in [-0.15, -0.1) is 0 Å². The van der Waals surface area contributed by atoms with Crippen LogP contribution in [0.3, 0.4) is 0 Å². The van der Waals surface area contributed by atoms with E-state index in [-0.39, 0.29) is 6.54 Å². The van der Waals surface area contributed by atoms with Crippen molar-refractivity contribution < 1.29 is 25.5 Å². The van der Waals surface area contributed by atoms with Crippen LogP contribution >= 0.6 is 0 Å². The Morgan fingerprint density at radius 2 is 1.10 bits per heavy atom. The molecule has 2 unspecified atom stereocenters. The molecule has 0 aliphatic carbocycles. The highest BCUT2D eigenvalue weighted by atomic mass is 16.4. The lowest BCUT2D eigenvalue weighted by Crippen LogP contribution is -2.49. The predicted molar refractivity (Wildman–Crippen MR) is 123 cm³/mol. The normalized spacial score (nSPS) is 16.1. The number of nitrogens with one attached hydrogen (secondary N) is 1. The number of hydrogen-bond acceptors (Lipinski definition) is 6. The van der Waals surface area contributed by atoms with Crippen LogP contribution in [0.2, 0.25) is 0 Å². The largest absolute Gasteiger partial charge is 0.394 e. The van der Waals surface area contributed by atoms with Gasteiger partial charge in [-0.1, -0.05) is 76.9 Å².